The number of benzene rings is 1. The Kier molecular flexibility index (Phi) is 5.06. The third-order valence-electron chi connectivity index (χ3n) is 3.51. The van der Waals surface area contributed by atoms with Crippen LogP contribution in [0.4, 0.5) is 4.79 Å². The lowest BCUT2D eigenvalue weighted by molar-refractivity contribution is -0.129. The maximum atomic E-state index is 12.3. The summed E-state index contributed by atoms with van der Waals surface area (Å²) < 4.78 is 5.41. The zero-order valence-corrected chi connectivity index (χ0v) is 13.5. The minimum atomic E-state index is -0.561. The van der Waals surface area contributed by atoms with Crippen molar-refractivity contribution < 1.29 is 14.3 Å². The predicted octanol–water partition coefficient (Wildman–Crippen LogP) is 2.35. The van der Waals surface area contributed by atoms with Gasteiger partial charge in [-0.3, -0.25) is 9.69 Å². The Morgan fingerprint density at radius 1 is 1.32 bits per heavy atom. The van der Waals surface area contributed by atoms with E-state index in [9.17, 15) is 9.59 Å². The Balaban J connectivity index is 2.03. The van der Waals surface area contributed by atoms with Gasteiger partial charge in [0.15, 0.2) is 0 Å². The minimum absolute atomic E-state index is 0.104. The van der Waals surface area contributed by atoms with Crippen LogP contribution in [-0.4, -0.2) is 41.6 Å². The van der Waals surface area contributed by atoms with E-state index >= 15 is 0 Å². The van der Waals surface area contributed by atoms with Crippen LogP contribution >= 0.6 is 0 Å². The lowest BCUT2D eigenvalue weighted by Gasteiger charge is -2.36. The molecule has 1 aliphatic heterocycles. The summed E-state index contributed by atoms with van der Waals surface area (Å²) in [4.78, 5) is 26.0. The van der Waals surface area contributed by atoms with E-state index in [1.54, 1.807) is 4.90 Å². The number of carbonyl (C=O) groups is 2. The number of piperazine rings is 1. The molecule has 1 aliphatic rings. The van der Waals surface area contributed by atoms with Crippen molar-refractivity contribution in [2.24, 2.45) is 0 Å². The summed E-state index contributed by atoms with van der Waals surface area (Å²) in [5.74, 6) is -0.104. The van der Waals surface area contributed by atoms with Crippen LogP contribution in [0, 0.1) is 0 Å². The molecule has 0 spiro atoms. The first-order chi connectivity index (χ1) is 10.4. The topological polar surface area (TPSA) is 58.6 Å². The van der Waals surface area contributed by atoms with Gasteiger partial charge in [-0.25, -0.2) is 4.79 Å². The fourth-order valence-corrected chi connectivity index (χ4v) is 2.49. The molecule has 1 aromatic carbocycles. The van der Waals surface area contributed by atoms with Crippen LogP contribution in [0.5, 0.6) is 0 Å². The molecule has 0 unspecified atom stereocenters. The summed E-state index contributed by atoms with van der Waals surface area (Å²) >= 11 is 0. The number of amides is 2. The molecule has 1 heterocycles. The fraction of sp³-hybridized carbons (Fsp3) is 0.529. The summed E-state index contributed by atoms with van der Waals surface area (Å²) in [5, 5.41) is 2.83. The van der Waals surface area contributed by atoms with E-state index in [1.165, 1.54) is 0 Å². The third kappa shape index (κ3) is 4.48. The molecule has 2 amide bonds. The first-order valence-electron chi connectivity index (χ1n) is 7.68. The van der Waals surface area contributed by atoms with Crippen molar-refractivity contribution >= 4 is 12.0 Å². The summed E-state index contributed by atoms with van der Waals surface area (Å²) in [6, 6.07) is 9.49. The largest absolute Gasteiger partial charge is 0.444 e. The Morgan fingerprint density at radius 3 is 2.64 bits per heavy atom. The standard InChI is InChI=1S/C17H24N2O3/c1-17(2,3)22-16(21)19-12-11-18-15(20)14(19)10-9-13-7-5-4-6-8-13/h4-8,14H,9-12H2,1-3H3,(H,18,20)/t14-/m1/s1. The Morgan fingerprint density at radius 2 is 2.00 bits per heavy atom. The van der Waals surface area contributed by atoms with E-state index in [-0.39, 0.29) is 5.91 Å². The molecule has 22 heavy (non-hydrogen) atoms. The van der Waals surface area contributed by atoms with E-state index in [0.717, 1.165) is 12.0 Å². The van der Waals surface area contributed by atoms with Gasteiger partial charge in [0.25, 0.3) is 0 Å². The molecule has 0 radical (unpaired) electrons. The lowest BCUT2D eigenvalue weighted by Crippen LogP contribution is -2.58. The molecule has 1 saturated heterocycles. The van der Waals surface area contributed by atoms with Crippen LogP contribution < -0.4 is 5.32 Å². The van der Waals surface area contributed by atoms with Gasteiger partial charge >= 0.3 is 6.09 Å². The molecule has 0 aromatic heterocycles. The van der Waals surface area contributed by atoms with Gasteiger partial charge in [-0.15, -0.1) is 0 Å². The highest BCUT2D eigenvalue weighted by molar-refractivity contribution is 5.86. The molecule has 2 rings (SSSR count). The highest BCUT2D eigenvalue weighted by Crippen LogP contribution is 2.17. The molecule has 1 fully saturated rings. The molecule has 5 heteroatoms. The minimum Gasteiger partial charge on any atom is -0.444 e. The molecule has 0 saturated carbocycles. The SMILES string of the molecule is CC(C)(C)OC(=O)N1CCNC(=O)[C@H]1CCc1ccccc1. The summed E-state index contributed by atoms with van der Waals surface area (Å²) in [7, 11) is 0. The van der Waals surface area contributed by atoms with Crippen LogP contribution in [0.2, 0.25) is 0 Å². The number of nitrogens with one attached hydrogen (secondary N) is 1. The van der Waals surface area contributed by atoms with Gasteiger partial charge in [0.05, 0.1) is 0 Å². The average molecular weight is 304 g/mol. The van der Waals surface area contributed by atoms with Gasteiger partial charge < -0.3 is 10.1 Å². The Hall–Kier alpha value is -2.04. The summed E-state index contributed by atoms with van der Waals surface area (Å²) in [6.07, 6.45) is 0.924. The number of ether oxygens (including phenoxy) is 1. The summed E-state index contributed by atoms with van der Waals surface area (Å²) in [6.45, 7) is 6.44. The molecule has 0 aliphatic carbocycles. The number of hydrogen-bond acceptors (Lipinski definition) is 3. The fourth-order valence-electron chi connectivity index (χ4n) is 2.49. The van der Waals surface area contributed by atoms with Crippen LogP contribution in [0.1, 0.15) is 32.8 Å². The predicted molar refractivity (Wildman–Crippen MR) is 84.5 cm³/mol. The number of aryl methyl sites for hydroxylation is 1. The van der Waals surface area contributed by atoms with Gasteiger partial charge in [0.2, 0.25) is 5.91 Å². The lowest BCUT2D eigenvalue weighted by atomic mass is 10.0. The Bertz CT molecular complexity index is 522. The van der Waals surface area contributed by atoms with Gasteiger partial charge in [-0.05, 0) is 39.2 Å². The van der Waals surface area contributed by atoms with Gasteiger partial charge in [-0.2, -0.15) is 0 Å². The third-order valence-corrected chi connectivity index (χ3v) is 3.51. The molecule has 5 nitrogen and oxygen atoms in total. The average Bonchev–Trinajstić information content (AvgIpc) is 2.45. The van der Waals surface area contributed by atoms with Crippen LogP contribution in [-0.2, 0) is 16.0 Å². The smallest absolute Gasteiger partial charge is 0.411 e. The van der Waals surface area contributed by atoms with Crippen LogP contribution in [0.25, 0.3) is 0 Å². The van der Waals surface area contributed by atoms with E-state index in [1.807, 2.05) is 51.1 Å². The highest BCUT2D eigenvalue weighted by atomic mass is 16.6. The molecule has 0 bridgehead atoms. The zero-order chi connectivity index (χ0) is 16.2. The molecular formula is C17H24N2O3. The van der Waals surface area contributed by atoms with Gasteiger partial charge in [0, 0.05) is 13.1 Å². The van der Waals surface area contributed by atoms with Gasteiger partial charge in [0.1, 0.15) is 11.6 Å². The first kappa shape index (κ1) is 16.3. The van der Waals surface area contributed by atoms with Gasteiger partial charge in [-0.1, -0.05) is 30.3 Å². The van der Waals surface area contributed by atoms with E-state index in [4.69, 9.17) is 4.74 Å². The van der Waals surface area contributed by atoms with E-state index in [2.05, 4.69) is 5.32 Å². The second-order valence-electron chi connectivity index (χ2n) is 6.50. The van der Waals surface area contributed by atoms with E-state index < -0.39 is 17.7 Å². The number of rotatable bonds is 3. The highest BCUT2D eigenvalue weighted by Gasteiger charge is 2.35. The van der Waals surface area contributed by atoms with Crippen molar-refractivity contribution in [1.29, 1.82) is 0 Å². The van der Waals surface area contributed by atoms with Crippen LogP contribution in [0.15, 0.2) is 30.3 Å². The van der Waals surface area contributed by atoms with Crippen molar-refractivity contribution in [3.8, 4) is 0 Å². The van der Waals surface area contributed by atoms with Crippen molar-refractivity contribution in [2.75, 3.05) is 13.1 Å². The molecule has 120 valence electrons. The Labute approximate surface area is 131 Å². The van der Waals surface area contributed by atoms with Crippen molar-refractivity contribution in [2.45, 2.75) is 45.3 Å². The number of hydrogen-bond donors (Lipinski definition) is 1. The second-order valence-corrected chi connectivity index (χ2v) is 6.50. The molecule has 1 N–H and O–H groups in total. The van der Waals surface area contributed by atoms with Crippen molar-refractivity contribution in [3.05, 3.63) is 35.9 Å². The maximum absolute atomic E-state index is 12.3. The van der Waals surface area contributed by atoms with Crippen molar-refractivity contribution in [1.82, 2.24) is 10.2 Å². The maximum Gasteiger partial charge on any atom is 0.411 e. The molecule has 1 aromatic rings. The summed E-state index contributed by atoms with van der Waals surface area (Å²) in [5.41, 5.74) is 0.597. The van der Waals surface area contributed by atoms with Crippen LogP contribution in [0.3, 0.4) is 0 Å². The quantitative estimate of drug-likeness (QED) is 0.932. The van der Waals surface area contributed by atoms with Crippen molar-refractivity contribution in [3.63, 3.8) is 0 Å². The first-order valence-corrected chi connectivity index (χ1v) is 7.68. The zero-order valence-electron chi connectivity index (χ0n) is 13.5. The monoisotopic (exact) mass is 304 g/mol. The normalized spacial score (nSPS) is 18.8. The number of carbonyl (C=O) groups excluding carboxylic acids is 2. The molecular weight excluding hydrogens is 280 g/mol. The second kappa shape index (κ2) is 6.81. The number of nitrogens with zero attached hydrogens (tertiary/aromatic N) is 1. The van der Waals surface area contributed by atoms with E-state index in [0.29, 0.717) is 19.5 Å². The molecule has 1 atom stereocenters.